The summed E-state index contributed by atoms with van der Waals surface area (Å²) in [5.41, 5.74) is 0. The summed E-state index contributed by atoms with van der Waals surface area (Å²) in [4.78, 5) is 0. The summed E-state index contributed by atoms with van der Waals surface area (Å²) in [5, 5.41) is 0. The van der Waals surface area contributed by atoms with E-state index in [1.54, 1.807) is 0 Å². The van der Waals surface area contributed by atoms with Crippen LogP contribution in [0.25, 0.3) is 0 Å². The number of hydrogen-bond donors (Lipinski definition) is 0. The van der Waals surface area contributed by atoms with Gasteiger partial charge < -0.3 is 9.47 Å². The van der Waals surface area contributed by atoms with Crippen LogP contribution in [0.3, 0.4) is 0 Å². The number of ether oxygens (including phenoxy) is 2. The Balaban J connectivity index is 1.27. The molecule has 0 bridgehead atoms. The van der Waals surface area contributed by atoms with Crippen LogP contribution in [0.5, 0.6) is 11.5 Å². The van der Waals surface area contributed by atoms with Crippen LogP contribution in [0.1, 0.15) is 104 Å². The van der Waals surface area contributed by atoms with Crippen molar-refractivity contribution in [1.82, 2.24) is 0 Å². The molecule has 2 aliphatic rings. The Labute approximate surface area is 209 Å². The second kappa shape index (κ2) is 15.9. The third kappa shape index (κ3) is 10.2. The molecule has 0 unspecified atom stereocenters. The molecule has 2 aliphatic carbocycles. The Morgan fingerprint density at radius 1 is 0.765 bits per heavy atom. The molecule has 0 N–H and O–H groups in total. The summed E-state index contributed by atoms with van der Waals surface area (Å²) >= 11 is 0. The van der Waals surface area contributed by atoms with Gasteiger partial charge in [-0.05, 0) is 106 Å². The zero-order valence-electron chi connectivity index (χ0n) is 21.9. The quantitative estimate of drug-likeness (QED) is 0.227. The fourth-order valence-corrected chi connectivity index (χ4v) is 5.36. The molecule has 0 spiro atoms. The summed E-state index contributed by atoms with van der Waals surface area (Å²) in [6.07, 6.45) is 22.9. The molecule has 2 saturated carbocycles. The van der Waals surface area contributed by atoms with E-state index in [0.29, 0.717) is 11.8 Å². The van der Waals surface area contributed by atoms with Crippen molar-refractivity contribution in [2.75, 3.05) is 13.2 Å². The average molecular weight is 465 g/mol. The van der Waals surface area contributed by atoms with Crippen LogP contribution in [0, 0.1) is 35.5 Å². The number of unbranched alkanes of at least 4 members (excludes halogenated alkanes) is 3. The molecule has 0 heterocycles. The van der Waals surface area contributed by atoms with E-state index >= 15 is 0 Å². The lowest BCUT2D eigenvalue weighted by Gasteiger charge is -2.26. The van der Waals surface area contributed by atoms with Crippen LogP contribution in [-0.4, -0.2) is 13.2 Å². The Morgan fingerprint density at radius 2 is 1.41 bits per heavy atom. The van der Waals surface area contributed by atoms with Gasteiger partial charge in [0.2, 0.25) is 0 Å². The van der Waals surface area contributed by atoms with E-state index in [0.717, 1.165) is 49.4 Å². The Morgan fingerprint density at radius 3 is 2.09 bits per heavy atom. The van der Waals surface area contributed by atoms with E-state index in [1.165, 1.54) is 77.0 Å². The smallest absolute Gasteiger partial charge is 0.119 e. The Bertz CT molecular complexity index is 737. The number of benzene rings is 1. The van der Waals surface area contributed by atoms with E-state index in [2.05, 4.69) is 37.8 Å². The van der Waals surface area contributed by atoms with Crippen molar-refractivity contribution in [2.24, 2.45) is 23.7 Å². The fraction of sp³-hybridized carbons (Fsp3) is 0.688. The van der Waals surface area contributed by atoms with E-state index < -0.39 is 0 Å². The van der Waals surface area contributed by atoms with Crippen LogP contribution in [0.15, 0.2) is 36.4 Å². The first-order valence-electron chi connectivity index (χ1n) is 14.3. The van der Waals surface area contributed by atoms with Gasteiger partial charge in [0.05, 0.1) is 13.2 Å². The first-order valence-corrected chi connectivity index (χ1v) is 14.3. The van der Waals surface area contributed by atoms with Crippen molar-refractivity contribution >= 4 is 0 Å². The minimum atomic E-state index is 0.565. The highest BCUT2D eigenvalue weighted by Crippen LogP contribution is 2.33. The Hall–Kier alpha value is -1.88. The summed E-state index contributed by atoms with van der Waals surface area (Å²) in [7, 11) is 0. The molecule has 2 fully saturated rings. The highest BCUT2D eigenvalue weighted by atomic mass is 16.5. The number of hydrogen-bond acceptors (Lipinski definition) is 2. The van der Waals surface area contributed by atoms with Crippen molar-refractivity contribution in [3.05, 3.63) is 36.4 Å². The molecule has 0 saturated heterocycles. The minimum absolute atomic E-state index is 0.565. The maximum Gasteiger partial charge on any atom is 0.119 e. The lowest BCUT2D eigenvalue weighted by molar-refractivity contribution is 0.196. The van der Waals surface area contributed by atoms with Crippen LogP contribution < -0.4 is 9.47 Å². The fourth-order valence-electron chi connectivity index (χ4n) is 5.36. The number of allylic oxidation sites excluding steroid dienone is 2. The van der Waals surface area contributed by atoms with E-state index in [1.807, 2.05) is 24.3 Å². The molecule has 0 aromatic heterocycles. The van der Waals surface area contributed by atoms with Gasteiger partial charge in [-0.2, -0.15) is 0 Å². The molecular weight excluding hydrogens is 416 g/mol. The van der Waals surface area contributed by atoms with Gasteiger partial charge in [-0.1, -0.05) is 63.9 Å². The maximum atomic E-state index is 6.06. The molecular formula is C32H48O2. The average Bonchev–Trinajstić information content (AvgIpc) is 2.88. The monoisotopic (exact) mass is 464 g/mol. The van der Waals surface area contributed by atoms with Crippen molar-refractivity contribution < 1.29 is 9.47 Å². The SMILES string of the molecule is CCCCC[C@H]1CC[C@H](/C=C/C#C[C@H]2CC[C@H](COc3ccc(OCCCC)cc3)CC2)CC1. The van der Waals surface area contributed by atoms with Gasteiger partial charge in [0.15, 0.2) is 0 Å². The van der Waals surface area contributed by atoms with E-state index in [4.69, 9.17) is 9.47 Å². The number of rotatable bonds is 12. The van der Waals surface area contributed by atoms with E-state index in [-0.39, 0.29) is 0 Å². The molecule has 2 heteroatoms. The molecule has 0 aliphatic heterocycles. The first-order chi connectivity index (χ1) is 16.8. The second-order valence-electron chi connectivity index (χ2n) is 10.6. The lowest BCUT2D eigenvalue weighted by atomic mass is 9.79. The maximum absolute atomic E-state index is 6.06. The van der Waals surface area contributed by atoms with Crippen LogP contribution in [0.4, 0.5) is 0 Å². The third-order valence-electron chi connectivity index (χ3n) is 7.77. The van der Waals surface area contributed by atoms with Crippen molar-refractivity contribution in [3.63, 3.8) is 0 Å². The normalized spacial score (nSPS) is 25.0. The van der Waals surface area contributed by atoms with Gasteiger partial charge in [0, 0.05) is 5.92 Å². The molecule has 188 valence electrons. The molecule has 3 rings (SSSR count). The van der Waals surface area contributed by atoms with E-state index in [9.17, 15) is 0 Å². The van der Waals surface area contributed by atoms with Crippen LogP contribution >= 0.6 is 0 Å². The third-order valence-corrected chi connectivity index (χ3v) is 7.77. The van der Waals surface area contributed by atoms with Crippen LogP contribution in [0.2, 0.25) is 0 Å². The molecule has 1 aromatic carbocycles. The van der Waals surface area contributed by atoms with Crippen molar-refractivity contribution in [3.8, 4) is 23.3 Å². The van der Waals surface area contributed by atoms with Gasteiger partial charge in [-0.25, -0.2) is 0 Å². The molecule has 1 aromatic rings. The highest BCUT2D eigenvalue weighted by molar-refractivity contribution is 5.31. The predicted octanol–water partition coefficient (Wildman–Crippen LogP) is 9.00. The van der Waals surface area contributed by atoms with Gasteiger partial charge >= 0.3 is 0 Å². The van der Waals surface area contributed by atoms with Gasteiger partial charge in [-0.15, -0.1) is 0 Å². The van der Waals surface area contributed by atoms with Crippen molar-refractivity contribution in [1.29, 1.82) is 0 Å². The molecule has 0 amide bonds. The van der Waals surface area contributed by atoms with Crippen LogP contribution in [-0.2, 0) is 0 Å². The molecule has 0 atom stereocenters. The minimum Gasteiger partial charge on any atom is -0.494 e. The van der Waals surface area contributed by atoms with Gasteiger partial charge in [0.25, 0.3) is 0 Å². The summed E-state index contributed by atoms with van der Waals surface area (Å²) in [6.45, 7) is 6.09. The molecule has 34 heavy (non-hydrogen) atoms. The summed E-state index contributed by atoms with van der Waals surface area (Å²) in [5.74, 6) is 11.8. The highest BCUT2D eigenvalue weighted by Gasteiger charge is 2.21. The second-order valence-corrected chi connectivity index (χ2v) is 10.6. The zero-order chi connectivity index (χ0) is 23.8. The lowest BCUT2D eigenvalue weighted by Crippen LogP contribution is -2.19. The topological polar surface area (TPSA) is 18.5 Å². The summed E-state index contributed by atoms with van der Waals surface area (Å²) in [6, 6.07) is 8.10. The Kier molecular flexibility index (Phi) is 12.5. The molecule has 0 radical (unpaired) electrons. The summed E-state index contributed by atoms with van der Waals surface area (Å²) < 4.78 is 11.8. The van der Waals surface area contributed by atoms with Gasteiger partial charge in [0.1, 0.15) is 11.5 Å². The largest absolute Gasteiger partial charge is 0.494 e. The first kappa shape index (κ1) is 26.7. The van der Waals surface area contributed by atoms with Crippen molar-refractivity contribution in [2.45, 2.75) is 104 Å². The standard InChI is InChI=1S/C32H48O2/c1-3-5-7-10-27-13-15-28(16-14-27)11-8-9-12-29-17-19-30(20-18-29)26-34-32-23-21-31(22-24-32)33-25-6-4-2/h8,11,21-24,27-30H,3-7,10,13-20,25-26H2,1-2H3/b11-8+/t27-,28-,29-,30-. The predicted molar refractivity (Wildman–Crippen MR) is 144 cm³/mol. The molecule has 2 nitrogen and oxygen atoms in total. The van der Waals surface area contributed by atoms with Gasteiger partial charge in [-0.3, -0.25) is 0 Å². The zero-order valence-corrected chi connectivity index (χ0v) is 21.9.